The van der Waals surface area contributed by atoms with Gasteiger partial charge in [-0.05, 0) is 26.8 Å². The van der Waals surface area contributed by atoms with E-state index in [-0.39, 0.29) is 11.9 Å². The lowest BCUT2D eigenvalue weighted by atomic mass is 10.2. The van der Waals surface area contributed by atoms with E-state index in [9.17, 15) is 9.90 Å². The van der Waals surface area contributed by atoms with Gasteiger partial charge in [0.1, 0.15) is 5.69 Å². The van der Waals surface area contributed by atoms with Crippen LogP contribution in [0.2, 0.25) is 0 Å². The van der Waals surface area contributed by atoms with Gasteiger partial charge in [0.2, 0.25) is 0 Å². The largest absolute Gasteiger partial charge is 0.392 e. The summed E-state index contributed by atoms with van der Waals surface area (Å²) in [6.07, 6.45) is 1.06. The van der Waals surface area contributed by atoms with E-state index in [4.69, 9.17) is 0 Å². The molecule has 16 heavy (non-hydrogen) atoms. The molecule has 0 saturated carbocycles. The lowest BCUT2D eigenvalue weighted by Crippen LogP contribution is -2.42. The third-order valence-corrected chi connectivity index (χ3v) is 2.39. The van der Waals surface area contributed by atoms with Gasteiger partial charge in [0.15, 0.2) is 0 Å². The monoisotopic (exact) mass is 225 g/mol. The molecule has 1 aromatic heterocycles. The topological polar surface area (TPSA) is 58.4 Å². The molecule has 1 unspecified atom stereocenters. The van der Waals surface area contributed by atoms with Crippen molar-refractivity contribution in [3.05, 3.63) is 18.0 Å². The van der Waals surface area contributed by atoms with Crippen molar-refractivity contribution in [1.82, 2.24) is 14.7 Å². The van der Waals surface area contributed by atoms with Gasteiger partial charge in [-0.1, -0.05) is 0 Å². The number of aliphatic hydroxyl groups excluding tert-OH is 1. The first-order valence-electron chi connectivity index (χ1n) is 5.40. The van der Waals surface area contributed by atoms with Crippen molar-refractivity contribution in [3.8, 4) is 0 Å². The van der Waals surface area contributed by atoms with Crippen molar-refractivity contribution in [3.63, 3.8) is 0 Å². The Hall–Kier alpha value is -1.36. The highest BCUT2D eigenvalue weighted by Crippen LogP contribution is 2.08. The number of aryl methyl sites for hydroxylation is 1. The SMILES string of the molecule is CC(O)CN(C(=O)c1ccnn1C)C(C)C. The molecule has 1 heterocycles. The van der Waals surface area contributed by atoms with E-state index < -0.39 is 6.10 Å². The van der Waals surface area contributed by atoms with Crippen LogP contribution in [0.25, 0.3) is 0 Å². The van der Waals surface area contributed by atoms with Gasteiger partial charge >= 0.3 is 0 Å². The Balaban J connectivity index is 2.88. The number of hydrogen-bond donors (Lipinski definition) is 1. The molecule has 5 heteroatoms. The summed E-state index contributed by atoms with van der Waals surface area (Å²) in [7, 11) is 1.73. The number of nitrogens with zero attached hydrogens (tertiary/aromatic N) is 3. The predicted molar refractivity (Wildman–Crippen MR) is 61.1 cm³/mol. The van der Waals surface area contributed by atoms with Gasteiger partial charge in [-0.15, -0.1) is 0 Å². The third kappa shape index (κ3) is 2.82. The maximum Gasteiger partial charge on any atom is 0.272 e. The number of carbonyl (C=O) groups is 1. The van der Waals surface area contributed by atoms with Crippen LogP contribution in [-0.4, -0.2) is 44.4 Å². The van der Waals surface area contributed by atoms with E-state index in [0.717, 1.165) is 0 Å². The zero-order chi connectivity index (χ0) is 12.3. The quantitative estimate of drug-likeness (QED) is 0.818. The maximum atomic E-state index is 12.2. The summed E-state index contributed by atoms with van der Waals surface area (Å²) in [5.74, 6) is -0.101. The van der Waals surface area contributed by atoms with Crippen LogP contribution in [0.4, 0.5) is 0 Å². The summed E-state index contributed by atoms with van der Waals surface area (Å²) in [6, 6.07) is 1.73. The highest BCUT2D eigenvalue weighted by atomic mass is 16.3. The number of carbonyl (C=O) groups excluding carboxylic acids is 1. The summed E-state index contributed by atoms with van der Waals surface area (Å²) in [5.41, 5.74) is 0.536. The van der Waals surface area contributed by atoms with Crippen molar-refractivity contribution in [1.29, 1.82) is 0 Å². The molecule has 0 bridgehead atoms. The highest BCUT2D eigenvalue weighted by Gasteiger charge is 2.22. The molecule has 0 radical (unpaired) electrons. The normalized spacial score (nSPS) is 12.9. The van der Waals surface area contributed by atoms with Crippen molar-refractivity contribution < 1.29 is 9.90 Å². The average molecular weight is 225 g/mol. The van der Waals surface area contributed by atoms with Crippen LogP contribution in [0.3, 0.4) is 0 Å². The Labute approximate surface area is 95.7 Å². The van der Waals surface area contributed by atoms with Crippen molar-refractivity contribution in [2.24, 2.45) is 7.05 Å². The molecule has 0 aliphatic heterocycles. The molecular formula is C11H19N3O2. The van der Waals surface area contributed by atoms with Gasteiger partial charge in [-0.2, -0.15) is 5.10 Å². The molecule has 1 amide bonds. The zero-order valence-electron chi connectivity index (χ0n) is 10.2. The molecule has 0 aliphatic carbocycles. The molecule has 0 spiro atoms. The number of aliphatic hydroxyl groups is 1. The van der Waals surface area contributed by atoms with Crippen LogP contribution in [0, 0.1) is 0 Å². The van der Waals surface area contributed by atoms with Crippen LogP contribution < -0.4 is 0 Å². The number of rotatable bonds is 4. The first kappa shape index (κ1) is 12.7. The minimum absolute atomic E-state index is 0.0528. The summed E-state index contributed by atoms with van der Waals surface area (Å²) in [4.78, 5) is 13.8. The highest BCUT2D eigenvalue weighted by molar-refractivity contribution is 5.92. The molecule has 5 nitrogen and oxygen atoms in total. The average Bonchev–Trinajstić information content (AvgIpc) is 2.59. The van der Waals surface area contributed by atoms with Gasteiger partial charge in [-0.25, -0.2) is 0 Å². The Kier molecular flexibility index (Phi) is 4.06. The Morgan fingerprint density at radius 1 is 1.56 bits per heavy atom. The summed E-state index contributed by atoms with van der Waals surface area (Å²) < 4.78 is 1.54. The molecule has 0 saturated heterocycles. The van der Waals surface area contributed by atoms with Crippen LogP contribution in [0.5, 0.6) is 0 Å². The number of amides is 1. The standard InChI is InChI=1S/C11H19N3O2/c1-8(2)14(7-9(3)15)11(16)10-5-6-12-13(10)4/h5-6,8-9,15H,7H2,1-4H3. The fourth-order valence-corrected chi connectivity index (χ4v) is 1.54. The molecule has 1 rings (SSSR count). The van der Waals surface area contributed by atoms with Crippen molar-refractivity contribution in [2.45, 2.75) is 32.9 Å². The molecular weight excluding hydrogens is 206 g/mol. The summed E-state index contributed by atoms with van der Waals surface area (Å²) in [6.45, 7) is 5.86. The predicted octanol–water partition coefficient (Wildman–Crippen LogP) is 0.651. The summed E-state index contributed by atoms with van der Waals surface area (Å²) in [5, 5.41) is 13.3. The molecule has 1 atom stereocenters. The number of hydrogen-bond acceptors (Lipinski definition) is 3. The lowest BCUT2D eigenvalue weighted by Gasteiger charge is -2.27. The Morgan fingerprint density at radius 3 is 2.56 bits per heavy atom. The molecule has 0 aliphatic rings. The van der Waals surface area contributed by atoms with E-state index in [1.165, 1.54) is 0 Å². The Morgan fingerprint density at radius 2 is 2.19 bits per heavy atom. The lowest BCUT2D eigenvalue weighted by molar-refractivity contribution is 0.0568. The minimum Gasteiger partial charge on any atom is -0.392 e. The van der Waals surface area contributed by atoms with Gasteiger partial charge < -0.3 is 10.0 Å². The van der Waals surface area contributed by atoms with E-state index in [2.05, 4.69) is 5.10 Å². The number of aromatic nitrogens is 2. The van der Waals surface area contributed by atoms with Gasteiger partial charge in [-0.3, -0.25) is 9.48 Å². The van der Waals surface area contributed by atoms with Crippen LogP contribution in [0.15, 0.2) is 12.3 Å². The van der Waals surface area contributed by atoms with Crippen molar-refractivity contribution in [2.75, 3.05) is 6.54 Å². The van der Waals surface area contributed by atoms with Crippen LogP contribution in [0.1, 0.15) is 31.3 Å². The van der Waals surface area contributed by atoms with E-state index in [1.54, 1.807) is 35.8 Å². The second-order valence-corrected chi connectivity index (χ2v) is 4.24. The zero-order valence-corrected chi connectivity index (χ0v) is 10.2. The molecule has 0 fully saturated rings. The van der Waals surface area contributed by atoms with Crippen molar-refractivity contribution >= 4 is 5.91 Å². The second-order valence-electron chi connectivity index (χ2n) is 4.24. The van der Waals surface area contributed by atoms with Gasteiger partial charge in [0.05, 0.1) is 6.10 Å². The molecule has 90 valence electrons. The minimum atomic E-state index is -0.528. The van der Waals surface area contributed by atoms with Crippen LogP contribution in [-0.2, 0) is 7.05 Å². The molecule has 1 N–H and O–H groups in total. The smallest absolute Gasteiger partial charge is 0.272 e. The fourth-order valence-electron chi connectivity index (χ4n) is 1.54. The van der Waals surface area contributed by atoms with E-state index in [0.29, 0.717) is 12.2 Å². The first-order chi connectivity index (χ1) is 7.43. The fraction of sp³-hybridized carbons (Fsp3) is 0.636. The first-order valence-corrected chi connectivity index (χ1v) is 5.40. The third-order valence-electron chi connectivity index (χ3n) is 2.39. The Bertz CT molecular complexity index is 358. The summed E-state index contributed by atoms with van der Waals surface area (Å²) >= 11 is 0. The van der Waals surface area contributed by atoms with E-state index in [1.807, 2.05) is 13.8 Å². The van der Waals surface area contributed by atoms with E-state index >= 15 is 0 Å². The van der Waals surface area contributed by atoms with Gasteiger partial charge in [0.25, 0.3) is 5.91 Å². The second kappa shape index (κ2) is 5.12. The van der Waals surface area contributed by atoms with Crippen LogP contribution >= 0.6 is 0 Å². The molecule has 0 aromatic carbocycles. The van der Waals surface area contributed by atoms with Gasteiger partial charge in [0, 0.05) is 25.8 Å². The molecule has 1 aromatic rings. The maximum absolute atomic E-state index is 12.2.